The van der Waals surface area contributed by atoms with Crippen molar-refractivity contribution in [3.8, 4) is 17.2 Å². The molecule has 3 aromatic carbocycles. The molecule has 0 bridgehead atoms. The van der Waals surface area contributed by atoms with Crippen LogP contribution in [-0.2, 0) is 4.74 Å². The summed E-state index contributed by atoms with van der Waals surface area (Å²) in [5, 5.41) is 0. The number of esters is 2. The molecule has 0 radical (unpaired) electrons. The summed E-state index contributed by atoms with van der Waals surface area (Å²) in [5.74, 6) is 1.17. The molecule has 0 atom stereocenters. The van der Waals surface area contributed by atoms with Crippen molar-refractivity contribution in [2.45, 2.75) is 39.5 Å². The van der Waals surface area contributed by atoms with E-state index in [2.05, 4.69) is 13.2 Å². The van der Waals surface area contributed by atoms with Gasteiger partial charge in [0.05, 0.1) is 24.3 Å². The van der Waals surface area contributed by atoms with Gasteiger partial charge in [-0.15, -0.1) is 0 Å². The Bertz CT molecular complexity index is 1240. The standard InChI is InChI=1S/C32H34O6/c1-5-25(4)35-20-8-6-7-9-21-36-28-15-11-26(12-16-28)31(33)37-29-17-13-27(14-18-29)32(34)38-30-19-10-23(2)22-24(30)3/h5,10-19,22H,1,4,6-9,20-21H2,2-3H3. The highest BCUT2D eigenvalue weighted by Gasteiger charge is 2.13. The van der Waals surface area contributed by atoms with Crippen LogP contribution in [0.15, 0.2) is 91.7 Å². The number of carbonyl (C=O) groups is 2. The minimum absolute atomic E-state index is 0.331. The topological polar surface area (TPSA) is 71.1 Å². The van der Waals surface area contributed by atoms with Crippen molar-refractivity contribution in [2.24, 2.45) is 0 Å². The normalized spacial score (nSPS) is 10.4. The molecule has 6 nitrogen and oxygen atoms in total. The Labute approximate surface area is 224 Å². The average Bonchev–Trinajstić information content (AvgIpc) is 2.92. The summed E-state index contributed by atoms with van der Waals surface area (Å²) in [5.41, 5.74) is 2.74. The van der Waals surface area contributed by atoms with Crippen LogP contribution in [0.25, 0.3) is 0 Å². The van der Waals surface area contributed by atoms with Crippen LogP contribution in [-0.4, -0.2) is 25.2 Å². The van der Waals surface area contributed by atoms with Crippen LogP contribution in [0.5, 0.6) is 17.2 Å². The summed E-state index contributed by atoms with van der Waals surface area (Å²) >= 11 is 0. The minimum Gasteiger partial charge on any atom is -0.494 e. The average molecular weight is 515 g/mol. The Morgan fingerprint density at radius 3 is 1.92 bits per heavy atom. The van der Waals surface area contributed by atoms with Gasteiger partial charge in [0.25, 0.3) is 0 Å². The molecule has 6 heteroatoms. The van der Waals surface area contributed by atoms with E-state index in [1.165, 1.54) is 0 Å². The zero-order chi connectivity index (χ0) is 27.3. The van der Waals surface area contributed by atoms with Crippen molar-refractivity contribution in [3.05, 3.63) is 114 Å². The summed E-state index contributed by atoms with van der Waals surface area (Å²) < 4.78 is 22.1. The first-order valence-corrected chi connectivity index (χ1v) is 12.6. The van der Waals surface area contributed by atoms with E-state index in [-0.39, 0.29) is 0 Å². The van der Waals surface area contributed by atoms with Crippen LogP contribution in [0.4, 0.5) is 0 Å². The smallest absolute Gasteiger partial charge is 0.343 e. The van der Waals surface area contributed by atoms with E-state index < -0.39 is 11.9 Å². The summed E-state index contributed by atoms with van der Waals surface area (Å²) in [6, 6.07) is 18.7. The fourth-order valence-electron chi connectivity index (χ4n) is 3.59. The van der Waals surface area contributed by atoms with Crippen molar-refractivity contribution in [2.75, 3.05) is 13.2 Å². The molecule has 3 aromatic rings. The lowest BCUT2D eigenvalue weighted by Gasteiger charge is -2.09. The van der Waals surface area contributed by atoms with Gasteiger partial charge in [0.2, 0.25) is 0 Å². The number of hydrogen-bond donors (Lipinski definition) is 0. The molecular formula is C32H34O6. The van der Waals surface area contributed by atoms with Crippen LogP contribution < -0.4 is 14.2 Å². The molecule has 0 fully saturated rings. The molecule has 0 saturated carbocycles. The van der Waals surface area contributed by atoms with Gasteiger partial charge in [-0.25, -0.2) is 9.59 Å². The van der Waals surface area contributed by atoms with Gasteiger partial charge in [0.1, 0.15) is 23.0 Å². The second kappa shape index (κ2) is 14.4. The van der Waals surface area contributed by atoms with Gasteiger partial charge in [-0.1, -0.05) is 30.9 Å². The van der Waals surface area contributed by atoms with E-state index in [9.17, 15) is 9.59 Å². The molecule has 0 aromatic heterocycles. The van der Waals surface area contributed by atoms with Crippen molar-refractivity contribution in [1.29, 1.82) is 0 Å². The third-order valence-electron chi connectivity index (χ3n) is 5.75. The lowest BCUT2D eigenvalue weighted by atomic mass is 10.1. The molecule has 38 heavy (non-hydrogen) atoms. The molecule has 198 valence electrons. The zero-order valence-electron chi connectivity index (χ0n) is 22.0. The number of rotatable bonds is 14. The van der Waals surface area contributed by atoms with Crippen molar-refractivity contribution >= 4 is 11.9 Å². The minimum atomic E-state index is -0.497. The number of hydrogen-bond acceptors (Lipinski definition) is 6. The predicted molar refractivity (Wildman–Crippen MR) is 148 cm³/mol. The number of carbonyl (C=O) groups excluding carboxylic acids is 2. The summed E-state index contributed by atoms with van der Waals surface area (Å²) in [6.45, 7) is 12.4. The lowest BCUT2D eigenvalue weighted by Crippen LogP contribution is -2.10. The molecule has 0 unspecified atom stereocenters. The summed E-state index contributed by atoms with van der Waals surface area (Å²) in [6.07, 6.45) is 5.58. The predicted octanol–water partition coefficient (Wildman–Crippen LogP) is 7.40. The molecule has 0 N–H and O–H groups in total. The van der Waals surface area contributed by atoms with Gasteiger partial charge in [0, 0.05) is 0 Å². The second-order valence-electron chi connectivity index (χ2n) is 8.88. The van der Waals surface area contributed by atoms with Crippen molar-refractivity contribution < 1.29 is 28.5 Å². The largest absolute Gasteiger partial charge is 0.494 e. The molecule has 0 heterocycles. The van der Waals surface area contributed by atoms with Crippen LogP contribution in [0.3, 0.4) is 0 Å². The van der Waals surface area contributed by atoms with E-state index in [4.69, 9.17) is 18.9 Å². The van der Waals surface area contributed by atoms with E-state index in [1.807, 2.05) is 26.0 Å². The highest BCUT2D eigenvalue weighted by Crippen LogP contribution is 2.22. The zero-order valence-corrected chi connectivity index (χ0v) is 22.0. The number of ether oxygens (including phenoxy) is 4. The summed E-state index contributed by atoms with van der Waals surface area (Å²) in [7, 11) is 0. The third-order valence-corrected chi connectivity index (χ3v) is 5.75. The van der Waals surface area contributed by atoms with Crippen LogP contribution in [0.1, 0.15) is 57.5 Å². The molecule has 0 spiro atoms. The first kappa shape index (κ1) is 28.3. The molecule has 3 rings (SSSR count). The second-order valence-corrected chi connectivity index (χ2v) is 8.88. The first-order chi connectivity index (χ1) is 18.4. The first-order valence-electron chi connectivity index (χ1n) is 12.6. The maximum absolute atomic E-state index is 12.5. The maximum atomic E-state index is 12.5. The SMILES string of the molecule is C=CC(=C)OCCCCCCOc1ccc(C(=O)Oc2ccc(C(=O)Oc3ccc(C)cc3C)cc2)cc1. The van der Waals surface area contributed by atoms with Gasteiger partial charge in [-0.05, 0) is 106 Å². The van der Waals surface area contributed by atoms with Crippen molar-refractivity contribution in [3.63, 3.8) is 0 Å². The number of allylic oxidation sites excluding steroid dienone is 1. The molecule has 0 aliphatic heterocycles. The number of unbranched alkanes of at least 4 members (excludes halogenated alkanes) is 3. The van der Waals surface area contributed by atoms with E-state index >= 15 is 0 Å². The van der Waals surface area contributed by atoms with Crippen molar-refractivity contribution in [1.82, 2.24) is 0 Å². The highest BCUT2D eigenvalue weighted by atomic mass is 16.5. The Kier molecular flexibility index (Phi) is 10.7. The molecule has 0 amide bonds. The third kappa shape index (κ3) is 8.96. The molecule has 0 saturated heterocycles. The molecular weight excluding hydrogens is 480 g/mol. The highest BCUT2D eigenvalue weighted by molar-refractivity contribution is 5.92. The fraction of sp³-hybridized carbons (Fsp3) is 0.250. The van der Waals surface area contributed by atoms with Crippen LogP contribution in [0, 0.1) is 13.8 Å². The van der Waals surface area contributed by atoms with Gasteiger partial charge in [-0.3, -0.25) is 0 Å². The fourth-order valence-corrected chi connectivity index (χ4v) is 3.59. The Morgan fingerprint density at radius 2 is 1.32 bits per heavy atom. The maximum Gasteiger partial charge on any atom is 0.343 e. The monoisotopic (exact) mass is 514 g/mol. The van der Waals surface area contributed by atoms with Gasteiger partial charge < -0.3 is 18.9 Å². The van der Waals surface area contributed by atoms with Crippen LogP contribution >= 0.6 is 0 Å². The molecule has 0 aliphatic rings. The quantitative estimate of drug-likeness (QED) is 0.0734. The Hall–Kier alpha value is -4.32. The van der Waals surface area contributed by atoms with Gasteiger partial charge in [-0.2, -0.15) is 0 Å². The van der Waals surface area contributed by atoms with E-state index in [0.29, 0.717) is 47.3 Å². The Balaban J connectivity index is 1.40. The molecule has 0 aliphatic carbocycles. The Morgan fingerprint density at radius 1 is 0.737 bits per heavy atom. The van der Waals surface area contributed by atoms with Crippen LogP contribution in [0.2, 0.25) is 0 Å². The van der Waals surface area contributed by atoms with E-state index in [1.54, 1.807) is 60.7 Å². The van der Waals surface area contributed by atoms with Gasteiger partial charge >= 0.3 is 11.9 Å². The number of benzene rings is 3. The number of aryl methyl sites for hydroxylation is 2. The van der Waals surface area contributed by atoms with Gasteiger partial charge in [0.15, 0.2) is 0 Å². The summed E-state index contributed by atoms with van der Waals surface area (Å²) in [4.78, 5) is 25.0. The lowest BCUT2D eigenvalue weighted by molar-refractivity contribution is 0.0729. The van der Waals surface area contributed by atoms with E-state index in [0.717, 1.165) is 36.8 Å².